The van der Waals surface area contributed by atoms with E-state index in [4.69, 9.17) is 10.2 Å². The molecule has 0 saturated carbocycles. The van der Waals surface area contributed by atoms with Crippen molar-refractivity contribution < 1.29 is 51.7 Å². The summed E-state index contributed by atoms with van der Waals surface area (Å²) in [5, 5.41) is 37.4. The SMILES string of the molecule is Cc1cc(C)c(O)c(CN(C)CCN(C)Cc2cc(C)cc(C)c2O)c1.O=C(O)c1cccc(C(=O)O)n1.[Ti+2]. The number of rotatable bonds is 9. The fourth-order valence-electron chi connectivity index (χ4n) is 4.09. The fourth-order valence-corrected chi connectivity index (χ4v) is 4.09. The Morgan fingerprint density at radius 2 is 1.08 bits per heavy atom. The number of hydrogen-bond acceptors (Lipinski definition) is 7. The van der Waals surface area contributed by atoms with E-state index < -0.39 is 11.9 Å². The van der Waals surface area contributed by atoms with Crippen molar-refractivity contribution in [3.8, 4) is 11.5 Å². The number of aromatic nitrogens is 1. The van der Waals surface area contributed by atoms with Crippen LogP contribution in [0, 0.1) is 27.7 Å². The van der Waals surface area contributed by atoms with Gasteiger partial charge in [0.2, 0.25) is 0 Å². The number of nitrogens with zero attached hydrogens (tertiary/aromatic N) is 3. The van der Waals surface area contributed by atoms with Gasteiger partial charge >= 0.3 is 33.7 Å². The molecule has 0 bridgehead atoms. The van der Waals surface area contributed by atoms with Crippen molar-refractivity contribution >= 4 is 11.9 Å². The molecule has 39 heavy (non-hydrogen) atoms. The van der Waals surface area contributed by atoms with Gasteiger partial charge in [0.25, 0.3) is 0 Å². The average Bonchev–Trinajstić information content (AvgIpc) is 2.84. The minimum absolute atomic E-state index is 0. The summed E-state index contributed by atoms with van der Waals surface area (Å²) < 4.78 is 0. The van der Waals surface area contributed by atoms with E-state index in [2.05, 4.69) is 54.9 Å². The summed E-state index contributed by atoms with van der Waals surface area (Å²) in [6.07, 6.45) is 0. The molecule has 4 N–H and O–H groups in total. The minimum atomic E-state index is -1.24. The van der Waals surface area contributed by atoms with Gasteiger partial charge in [-0.15, -0.1) is 0 Å². The molecule has 0 saturated heterocycles. The summed E-state index contributed by atoms with van der Waals surface area (Å²) in [7, 11) is 4.14. The summed E-state index contributed by atoms with van der Waals surface area (Å²) in [4.78, 5) is 28.4. The topological polar surface area (TPSA) is 134 Å². The third-order valence-electron chi connectivity index (χ3n) is 5.98. The molecule has 0 radical (unpaired) electrons. The van der Waals surface area contributed by atoms with Gasteiger partial charge < -0.3 is 30.2 Å². The molecule has 0 aliphatic heterocycles. The Morgan fingerprint density at radius 3 is 1.41 bits per heavy atom. The van der Waals surface area contributed by atoms with Gasteiger partial charge in [-0.05, 0) is 65.0 Å². The molecule has 0 amide bonds. The van der Waals surface area contributed by atoms with Crippen LogP contribution in [0.4, 0.5) is 0 Å². The van der Waals surface area contributed by atoms with E-state index in [1.807, 2.05) is 26.0 Å². The summed E-state index contributed by atoms with van der Waals surface area (Å²) in [5.41, 5.74) is 5.60. The smallest absolute Gasteiger partial charge is 0.507 e. The van der Waals surface area contributed by atoms with Crippen molar-refractivity contribution in [1.29, 1.82) is 0 Å². The van der Waals surface area contributed by atoms with Gasteiger partial charge in [0.05, 0.1) is 0 Å². The van der Waals surface area contributed by atoms with E-state index >= 15 is 0 Å². The first kappa shape index (κ1) is 33.8. The number of pyridine rings is 1. The molecule has 3 aromatic rings. The molecule has 9 nitrogen and oxygen atoms in total. The van der Waals surface area contributed by atoms with Crippen LogP contribution in [0.1, 0.15) is 54.4 Å². The maximum Gasteiger partial charge on any atom is 2.00 e. The molecule has 0 unspecified atom stereocenters. The van der Waals surface area contributed by atoms with Gasteiger partial charge in [-0.1, -0.05) is 41.5 Å². The number of carbonyl (C=O) groups is 2. The van der Waals surface area contributed by atoms with E-state index in [1.54, 1.807) is 0 Å². The first-order valence-corrected chi connectivity index (χ1v) is 12.2. The number of hydrogen-bond donors (Lipinski definition) is 4. The fraction of sp³-hybridized carbons (Fsp3) is 0.345. The van der Waals surface area contributed by atoms with Crippen LogP contribution in [0.3, 0.4) is 0 Å². The molecule has 1 aromatic heterocycles. The van der Waals surface area contributed by atoms with Crippen molar-refractivity contribution in [2.75, 3.05) is 27.2 Å². The second kappa shape index (κ2) is 15.4. The molecule has 10 heteroatoms. The van der Waals surface area contributed by atoms with Crippen molar-refractivity contribution in [2.45, 2.75) is 40.8 Å². The monoisotopic (exact) mass is 571 g/mol. The molecular formula is C29H37N3O6Ti+2. The second-order valence-electron chi connectivity index (χ2n) is 9.67. The number of phenolic OH excluding ortho intramolecular Hbond substituents is 2. The Balaban J connectivity index is 0.000000492. The zero-order valence-electron chi connectivity index (χ0n) is 23.3. The number of likely N-dealkylation sites (N-methyl/N-ethyl adjacent to an activating group) is 2. The van der Waals surface area contributed by atoms with Gasteiger partial charge in [0.15, 0.2) is 0 Å². The molecule has 0 spiro atoms. The number of aromatic hydroxyl groups is 2. The summed E-state index contributed by atoms with van der Waals surface area (Å²) in [6, 6.07) is 11.9. The number of carboxylic acid groups (broad SMARTS) is 2. The number of carboxylic acids is 2. The minimum Gasteiger partial charge on any atom is -0.507 e. The standard InChI is InChI=1S/C22H32N2O2.C7H5NO4.Ti/c1-15-9-17(3)21(25)19(11-15)13-23(5)7-8-24(6)14-20-12-16(2)10-18(4)22(20)26;9-6(10)4-2-1-3-5(8-4)7(11)12;/h9-12,25-26H,7-8,13-14H2,1-6H3;1-3H,(H,9,10)(H,11,12);/q;;+2. The predicted molar refractivity (Wildman–Crippen MR) is 146 cm³/mol. The Kier molecular flexibility index (Phi) is 13.3. The normalized spacial score (nSPS) is 10.6. The Bertz CT molecular complexity index is 1200. The van der Waals surface area contributed by atoms with Gasteiger partial charge in [-0.25, -0.2) is 14.6 Å². The Labute approximate surface area is 244 Å². The van der Waals surface area contributed by atoms with Gasteiger partial charge in [-0.3, -0.25) is 0 Å². The Hall–Kier alpha value is -3.24. The third-order valence-corrected chi connectivity index (χ3v) is 5.98. The Morgan fingerprint density at radius 1 is 0.718 bits per heavy atom. The van der Waals surface area contributed by atoms with Crippen LogP contribution in [0.2, 0.25) is 0 Å². The van der Waals surface area contributed by atoms with Crippen LogP contribution in [-0.4, -0.2) is 74.3 Å². The molecule has 0 fully saturated rings. The van der Waals surface area contributed by atoms with E-state index in [9.17, 15) is 19.8 Å². The van der Waals surface area contributed by atoms with E-state index in [0.29, 0.717) is 11.5 Å². The van der Waals surface area contributed by atoms with Crippen LogP contribution >= 0.6 is 0 Å². The molecule has 2 aromatic carbocycles. The number of benzene rings is 2. The molecule has 0 aliphatic rings. The molecule has 3 rings (SSSR count). The van der Waals surface area contributed by atoms with Crippen molar-refractivity contribution in [3.05, 3.63) is 87.2 Å². The zero-order valence-corrected chi connectivity index (χ0v) is 24.9. The molecule has 0 atom stereocenters. The quantitative estimate of drug-likeness (QED) is 0.276. The number of aryl methyl sites for hydroxylation is 4. The number of aromatic carboxylic acids is 2. The van der Waals surface area contributed by atoms with Gasteiger partial charge in [0.1, 0.15) is 22.9 Å². The van der Waals surface area contributed by atoms with Crippen molar-refractivity contribution in [2.24, 2.45) is 0 Å². The van der Waals surface area contributed by atoms with Crippen LogP contribution in [0.5, 0.6) is 11.5 Å². The molecule has 206 valence electrons. The van der Waals surface area contributed by atoms with E-state index in [-0.39, 0.29) is 33.1 Å². The second-order valence-corrected chi connectivity index (χ2v) is 9.67. The van der Waals surface area contributed by atoms with E-state index in [1.165, 1.54) is 29.3 Å². The maximum atomic E-state index is 10.3. The van der Waals surface area contributed by atoms with Gasteiger partial charge in [0, 0.05) is 37.3 Å². The largest absolute Gasteiger partial charge is 2.00 e. The van der Waals surface area contributed by atoms with E-state index in [0.717, 1.165) is 48.4 Å². The van der Waals surface area contributed by atoms with Crippen molar-refractivity contribution in [3.63, 3.8) is 0 Å². The van der Waals surface area contributed by atoms with Gasteiger partial charge in [-0.2, -0.15) is 0 Å². The zero-order chi connectivity index (χ0) is 28.6. The van der Waals surface area contributed by atoms with Crippen LogP contribution in [0.25, 0.3) is 0 Å². The van der Waals surface area contributed by atoms with Crippen LogP contribution < -0.4 is 0 Å². The van der Waals surface area contributed by atoms with Crippen molar-refractivity contribution in [1.82, 2.24) is 14.8 Å². The number of phenols is 2. The molecular weight excluding hydrogens is 534 g/mol. The summed E-state index contributed by atoms with van der Waals surface area (Å²) in [6.45, 7) is 11.2. The molecule has 1 heterocycles. The first-order valence-electron chi connectivity index (χ1n) is 12.2. The molecule has 0 aliphatic carbocycles. The summed E-state index contributed by atoms with van der Waals surface area (Å²) in [5.74, 6) is -1.68. The average molecular weight is 571 g/mol. The maximum absolute atomic E-state index is 10.3. The third kappa shape index (κ3) is 10.4. The van der Waals surface area contributed by atoms with Crippen LogP contribution in [0.15, 0.2) is 42.5 Å². The predicted octanol–water partition coefficient (Wildman–Crippen LogP) is 4.37. The first-order chi connectivity index (χ1) is 17.8. The van der Waals surface area contributed by atoms with Crippen LogP contribution in [-0.2, 0) is 34.8 Å². The summed E-state index contributed by atoms with van der Waals surface area (Å²) >= 11 is 0.